The molecule has 0 heterocycles. The molecule has 1 aromatic rings. The number of ether oxygens (including phenoxy) is 1. The zero-order chi connectivity index (χ0) is 16.7. The largest absolute Gasteiger partial charge is 0.449 e. The molecule has 6 nitrogen and oxygen atoms in total. The first-order valence-electron chi connectivity index (χ1n) is 6.27. The fraction of sp³-hybridized carbons (Fsp3) is 0.188. The monoisotopic (exact) mass is 382 g/mol. The van der Waals surface area contributed by atoms with Crippen LogP contribution >= 0.6 is 15.9 Å². The lowest BCUT2D eigenvalue weighted by molar-refractivity contribution is -0.385. The van der Waals surface area contributed by atoms with Gasteiger partial charge in [-0.05, 0) is 41.1 Å². The zero-order valence-electron chi connectivity index (χ0n) is 12.1. The molecule has 0 spiro atoms. The Balaban J connectivity index is 0.00000484. The average Bonchev–Trinajstić information content (AvgIpc) is 2.44. The number of nitrogens with zero attached hydrogens (tertiary/aromatic N) is 1. The fourth-order valence-electron chi connectivity index (χ4n) is 1.56. The molecule has 1 N–H and O–H groups in total. The maximum atomic E-state index is 11.1. The van der Waals surface area contributed by atoms with E-state index in [1.54, 1.807) is 12.2 Å². The molecule has 23 heavy (non-hydrogen) atoms. The van der Waals surface area contributed by atoms with Crippen molar-refractivity contribution in [3.8, 4) is 5.75 Å². The van der Waals surface area contributed by atoms with Gasteiger partial charge >= 0.3 is 5.69 Å². The predicted octanol–water partition coefficient (Wildman–Crippen LogP) is 4.94. The molecular weight excluding hydrogens is 364 g/mol. The SMILES string of the molecule is C.C=C/C(Oc1cc(NC(C)=O)ccc1[N+](=O)[O-])=C(Br)\C=C/C. The van der Waals surface area contributed by atoms with E-state index in [2.05, 4.69) is 27.8 Å². The summed E-state index contributed by atoms with van der Waals surface area (Å²) in [4.78, 5) is 21.6. The number of carbonyl (C=O) groups excluding carboxylic acids is 1. The molecule has 0 radical (unpaired) electrons. The van der Waals surface area contributed by atoms with Crippen molar-refractivity contribution in [2.24, 2.45) is 0 Å². The predicted molar refractivity (Wildman–Crippen MR) is 95.7 cm³/mol. The summed E-state index contributed by atoms with van der Waals surface area (Å²) in [7, 11) is 0. The number of amides is 1. The summed E-state index contributed by atoms with van der Waals surface area (Å²) < 4.78 is 6.15. The number of carbonyl (C=O) groups is 1. The highest BCUT2D eigenvalue weighted by Crippen LogP contribution is 2.33. The summed E-state index contributed by atoms with van der Waals surface area (Å²) >= 11 is 3.30. The second kappa shape index (κ2) is 9.58. The van der Waals surface area contributed by atoms with Gasteiger partial charge in [-0.25, -0.2) is 0 Å². The highest BCUT2D eigenvalue weighted by molar-refractivity contribution is 9.11. The van der Waals surface area contributed by atoms with Gasteiger partial charge in [-0.1, -0.05) is 20.1 Å². The number of hydrogen-bond acceptors (Lipinski definition) is 4. The quantitative estimate of drug-likeness (QED) is 0.327. The van der Waals surface area contributed by atoms with Crippen LogP contribution in [0.3, 0.4) is 0 Å². The summed E-state index contributed by atoms with van der Waals surface area (Å²) in [5.74, 6) is 0.0446. The minimum Gasteiger partial charge on any atom is -0.449 e. The van der Waals surface area contributed by atoms with Crippen LogP contribution in [0, 0.1) is 10.1 Å². The van der Waals surface area contributed by atoms with E-state index in [0.29, 0.717) is 15.9 Å². The second-order valence-corrected chi connectivity index (χ2v) is 4.99. The number of nitrogens with one attached hydrogen (secondary N) is 1. The van der Waals surface area contributed by atoms with Gasteiger partial charge in [0.1, 0.15) is 5.76 Å². The van der Waals surface area contributed by atoms with E-state index in [-0.39, 0.29) is 24.8 Å². The lowest BCUT2D eigenvalue weighted by Crippen LogP contribution is -2.06. The highest BCUT2D eigenvalue weighted by atomic mass is 79.9. The standard InChI is InChI=1S/C15H15BrN2O4.CH4/c1-4-6-12(16)14(5-2)22-15-9-11(17-10(3)19)7-8-13(15)18(20)21;/h4-9H,2H2,1,3H3,(H,17,19);1H4/b6-4-,14-12-;. The molecule has 7 heteroatoms. The van der Waals surface area contributed by atoms with Crippen LogP contribution in [0.15, 0.2) is 53.2 Å². The minimum atomic E-state index is -0.558. The normalized spacial score (nSPS) is 11.3. The molecule has 0 aliphatic heterocycles. The van der Waals surface area contributed by atoms with Crippen LogP contribution in [0.2, 0.25) is 0 Å². The first-order valence-corrected chi connectivity index (χ1v) is 7.07. The third kappa shape index (κ3) is 6.07. The number of benzene rings is 1. The third-order valence-electron chi connectivity index (χ3n) is 2.43. The van der Waals surface area contributed by atoms with Crippen LogP contribution < -0.4 is 10.1 Å². The van der Waals surface area contributed by atoms with E-state index < -0.39 is 4.92 Å². The molecule has 0 bridgehead atoms. The Bertz CT molecular complexity index is 666. The molecule has 0 atom stereocenters. The van der Waals surface area contributed by atoms with Crippen molar-refractivity contribution >= 4 is 33.2 Å². The van der Waals surface area contributed by atoms with Crippen LogP contribution in [0.25, 0.3) is 0 Å². The van der Waals surface area contributed by atoms with Crippen molar-refractivity contribution < 1.29 is 14.5 Å². The smallest absolute Gasteiger partial charge is 0.311 e. The Hall–Kier alpha value is -2.41. The van der Waals surface area contributed by atoms with E-state index in [1.807, 2.05) is 6.92 Å². The van der Waals surface area contributed by atoms with Gasteiger partial charge in [-0.15, -0.1) is 0 Å². The molecule has 1 rings (SSSR count). The summed E-state index contributed by atoms with van der Waals surface area (Å²) in [5, 5.41) is 13.6. The number of hydrogen-bond donors (Lipinski definition) is 1. The van der Waals surface area contributed by atoms with E-state index in [1.165, 1.54) is 31.2 Å². The summed E-state index contributed by atoms with van der Waals surface area (Å²) in [6.07, 6.45) is 4.93. The van der Waals surface area contributed by atoms with Gasteiger partial charge in [0.15, 0.2) is 0 Å². The zero-order valence-corrected chi connectivity index (χ0v) is 13.7. The topological polar surface area (TPSA) is 81.5 Å². The molecule has 1 aromatic carbocycles. The van der Waals surface area contributed by atoms with Gasteiger partial charge in [0.25, 0.3) is 0 Å². The van der Waals surface area contributed by atoms with Gasteiger partial charge in [-0.3, -0.25) is 14.9 Å². The first-order chi connectivity index (χ1) is 10.4. The van der Waals surface area contributed by atoms with Crippen LogP contribution in [0.5, 0.6) is 5.75 Å². The molecule has 0 fully saturated rings. The molecule has 1 amide bonds. The van der Waals surface area contributed by atoms with E-state index in [9.17, 15) is 14.9 Å². The summed E-state index contributed by atoms with van der Waals surface area (Å²) in [6.45, 7) is 6.79. The van der Waals surface area contributed by atoms with Gasteiger partial charge < -0.3 is 10.1 Å². The van der Waals surface area contributed by atoms with E-state index in [4.69, 9.17) is 4.74 Å². The summed E-state index contributed by atoms with van der Waals surface area (Å²) in [6, 6.07) is 4.09. The Morgan fingerprint density at radius 3 is 2.61 bits per heavy atom. The molecule has 0 aromatic heterocycles. The number of anilines is 1. The van der Waals surface area contributed by atoms with Crippen molar-refractivity contribution in [3.05, 3.63) is 63.4 Å². The van der Waals surface area contributed by atoms with Crippen molar-refractivity contribution in [1.82, 2.24) is 0 Å². The third-order valence-corrected chi connectivity index (χ3v) is 3.09. The van der Waals surface area contributed by atoms with E-state index in [0.717, 1.165) is 0 Å². The molecule has 0 aliphatic rings. The van der Waals surface area contributed by atoms with Gasteiger partial charge in [0.05, 0.1) is 9.41 Å². The van der Waals surface area contributed by atoms with E-state index >= 15 is 0 Å². The number of allylic oxidation sites excluding steroid dienone is 4. The molecule has 0 saturated heterocycles. The minimum absolute atomic E-state index is 0. The Morgan fingerprint density at radius 2 is 2.13 bits per heavy atom. The van der Waals surface area contributed by atoms with Crippen LogP contribution in [0.4, 0.5) is 11.4 Å². The van der Waals surface area contributed by atoms with Gasteiger partial charge in [0, 0.05) is 24.7 Å². The molecule has 124 valence electrons. The Morgan fingerprint density at radius 1 is 1.48 bits per heavy atom. The average molecular weight is 383 g/mol. The lowest BCUT2D eigenvalue weighted by Gasteiger charge is -2.10. The maximum absolute atomic E-state index is 11.1. The molecule has 0 aliphatic carbocycles. The number of nitro benzene ring substituents is 1. The van der Waals surface area contributed by atoms with Crippen molar-refractivity contribution in [3.63, 3.8) is 0 Å². The Labute approximate surface area is 143 Å². The van der Waals surface area contributed by atoms with Crippen LogP contribution in [-0.2, 0) is 4.79 Å². The maximum Gasteiger partial charge on any atom is 0.311 e. The van der Waals surface area contributed by atoms with Gasteiger partial charge in [-0.2, -0.15) is 0 Å². The fourth-order valence-corrected chi connectivity index (χ4v) is 2.07. The van der Waals surface area contributed by atoms with Crippen LogP contribution in [-0.4, -0.2) is 10.8 Å². The van der Waals surface area contributed by atoms with Crippen molar-refractivity contribution in [2.45, 2.75) is 21.3 Å². The Kier molecular flexibility index (Phi) is 8.57. The first kappa shape index (κ1) is 20.6. The highest BCUT2D eigenvalue weighted by Gasteiger charge is 2.17. The molecular formula is C16H19BrN2O4. The van der Waals surface area contributed by atoms with Crippen molar-refractivity contribution in [2.75, 3.05) is 5.32 Å². The molecule has 0 saturated carbocycles. The second-order valence-electron chi connectivity index (χ2n) is 4.14. The van der Waals surface area contributed by atoms with Gasteiger partial charge in [0.2, 0.25) is 11.7 Å². The van der Waals surface area contributed by atoms with Crippen molar-refractivity contribution in [1.29, 1.82) is 0 Å². The van der Waals surface area contributed by atoms with Crippen LogP contribution in [0.1, 0.15) is 21.3 Å². The number of halogens is 1. The summed E-state index contributed by atoms with van der Waals surface area (Å²) in [5.41, 5.74) is 0.188. The number of rotatable bonds is 6. The molecule has 0 unspecified atom stereocenters. The lowest BCUT2D eigenvalue weighted by atomic mass is 10.2. The number of nitro groups is 1.